The molecule has 0 aromatic heterocycles. The van der Waals surface area contributed by atoms with E-state index in [0.717, 1.165) is 10.8 Å². The average molecular weight is 304 g/mol. The van der Waals surface area contributed by atoms with Crippen LogP contribution in [0.15, 0.2) is 60.7 Å². The molecule has 3 rings (SSSR count). The second-order valence-electron chi connectivity index (χ2n) is 4.75. The number of ether oxygens (including phenoxy) is 1. The van der Waals surface area contributed by atoms with Crippen LogP contribution in [0.25, 0.3) is 21.9 Å². The molecule has 3 aromatic carbocycles. The van der Waals surface area contributed by atoms with E-state index in [9.17, 15) is 18.3 Å². The van der Waals surface area contributed by atoms with Crippen molar-refractivity contribution in [3.8, 4) is 22.6 Å². The molecule has 22 heavy (non-hydrogen) atoms. The van der Waals surface area contributed by atoms with Crippen LogP contribution in [0.1, 0.15) is 0 Å². The molecule has 2 nitrogen and oxygen atoms in total. The van der Waals surface area contributed by atoms with Gasteiger partial charge in [0, 0.05) is 5.56 Å². The van der Waals surface area contributed by atoms with Crippen molar-refractivity contribution >= 4 is 10.8 Å². The van der Waals surface area contributed by atoms with Gasteiger partial charge in [0.25, 0.3) is 0 Å². The molecule has 0 amide bonds. The molecule has 5 heteroatoms. The number of rotatable bonds is 2. The zero-order valence-corrected chi connectivity index (χ0v) is 11.3. The van der Waals surface area contributed by atoms with Crippen LogP contribution in [0, 0.1) is 0 Å². The molecule has 112 valence electrons. The summed E-state index contributed by atoms with van der Waals surface area (Å²) in [6.07, 6.45) is -4.72. The SMILES string of the molecule is Oc1ccc2ccccc2c1-c1ccc(OC(F)(F)F)cc1. The summed E-state index contributed by atoms with van der Waals surface area (Å²) in [4.78, 5) is 0. The van der Waals surface area contributed by atoms with Crippen LogP contribution in [0.4, 0.5) is 13.2 Å². The second kappa shape index (κ2) is 5.26. The largest absolute Gasteiger partial charge is 0.573 e. The molecule has 0 spiro atoms. The topological polar surface area (TPSA) is 29.5 Å². The molecule has 0 aliphatic heterocycles. The number of fused-ring (bicyclic) bond motifs is 1. The van der Waals surface area contributed by atoms with Crippen molar-refractivity contribution in [1.29, 1.82) is 0 Å². The van der Waals surface area contributed by atoms with Crippen molar-refractivity contribution in [2.75, 3.05) is 0 Å². The van der Waals surface area contributed by atoms with E-state index in [2.05, 4.69) is 4.74 Å². The molecular formula is C17H11F3O2. The smallest absolute Gasteiger partial charge is 0.507 e. The molecule has 0 saturated heterocycles. The van der Waals surface area contributed by atoms with E-state index < -0.39 is 6.36 Å². The molecular weight excluding hydrogens is 293 g/mol. The van der Waals surface area contributed by atoms with E-state index >= 15 is 0 Å². The van der Waals surface area contributed by atoms with Gasteiger partial charge in [-0.15, -0.1) is 13.2 Å². The highest BCUT2D eigenvalue weighted by Crippen LogP contribution is 2.37. The Labute approximate surface area is 124 Å². The first-order chi connectivity index (χ1) is 10.4. The Morgan fingerprint density at radius 2 is 1.50 bits per heavy atom. The number of hydrogen-bond donors (Lipinski definition) is 1. The normalized spacial score (nSPS) is 11.6. The number of halogens is 3. The maximum atomic E-state index is 12.2. The summed E-state index contributed by atoms with van der Waals surface area (Å²) < 4.78 is 40.4. The molecule has 0 saturated carbocycles. The summed E-state index contributed by atoms with van der Waals surface area (Å²) in [6.45, 7) is 0. The Morgan fingerprint density at radius 1 is 0.818 bits per heavy atom. The fourth-order valence-corrected chi connectivity index (χ4v) is 2.39. The van der Waals surface area contributed by atoms with Crippen LogP contribution in [-0.4, -0.2) is 11.5 Å². The third kappa shape index (κ3) is 2.83. The summed E-state index contributed by atoms with van der Waals surface area (Å²) in [6, 6.07) is 16.3. The minimum atomic E-state index is -4.72. The Kier molecular flexibility index (Phi) is 3.41. The van der Waals surface area contributed by atoms with Crippen LogP contribution in [-0.2, 0) is 0 Å². The number of hydrogen-bond acceptors (Lipinski definition) is 2. The molecule has 3 aromatic rings. The van der Waals surface area contributed by atoms with E-state index in [1.165, 1.54) is 24.3 Å². The lowest BCUT2D eigenvalue weighted by Gasteiger charge is -2.12. The van der Waals surface area contributed by atoms with Crippen molar-refractivity contribution in [2.45, 2.75) is 6.36 Å². The van der Waals surface area contributed by atoms with Crippen LogP contribution in [0.3, 0.4) is 0 Å². The number of benzene rings is 3. The molecule has 0 aliphatic carbocycles. The molecule has 0 unspecified atom stereocenters. The van der Waals surface area contributed by atoms with Gasteiger partial charge in [-0.25, -0.2) is 0 Å². The monoisotopic (exact) mass is 304 g/mol. The number of aromatic hydroxyl groups is 1. The first kappa shape index (κ1) is 14.3. The van der Waals surface area contributed by atoms with E-state index in [1.807, 2.05) is 24.3 Å². The Hall–Kier alpha value is -2.69. The van der Waals surface area contributed by atoms with Gasteiger partial charge < -0.3 is 9.84 Å². The standard InChI is InChI=1S/C17H11F3O2/c18-17(19,20)22-13-8-5-12(6-9-13)16-14-4-2-1-3-11(14)7-10-15(16)21/h1-10,21H. The summed E-state index contributed by atoms with van der Waals surface area (Å²) >= 11 is 0. The van der Waals surface area contributed by atoms with Crippen molar-refractivity contribution in [3.05, 3.63) is 60.7 Å². The molecule has 1 N–H and O–H groups in total. The summed E-state index contributed by atoms with van der Waals surface area (Å²) in [7, 11) is 0. The van der Waals surface area contributed by atoms with Gasteiger partial charge in [-0.3, -0.25) is 0 Å². The van der Waals surface area contributed by atoms with Crippen LogP contribution in [0.2, 0.25) is 0 Å². The van der Waals surface area contributed by atoms with E-state index in [0.29, 0.717) is 11.1 Å². The highest BCUT2D eigenvalue weighted by atomic mass is 19.4. The zero-order chi connectivity index (χ0) is 15.7. The minimum Gasteiger partial charge on any atom is -0.507 e. The van der Waals surface area contributed by atoms with Gasteiger partial charge in [-0.2, -0.15) is 0 Å². The summed E-state index contributed by atoms with van der Waals surface area (Å²) in [5.41, 5.74) is 1.19. The molecule has 0 atom stereocenters. The first-order valence-electron chi connectivity index (χ1n) is 6.51. The maximum absolute atomic E-state index is 12.2. The number of phenols is 1. The van der Waals surface area contributed by atoms with Gasteiger partial charge in [-0.1, -0.05) is 42.5 Å². The molecule has 0 radical (unpaired) electrons. The van der Waals surface area contributed by atoms with Gasteiger partial charge >= 0.3 is 6.36 Å². The zero-order valence-electron chi connectivity index (χ0n) is 11.3. The van der Waals surface area contributed by atoms with Gasteiger partial charge in [0.15, 0.2) is 0 Å². The lowest BCUT2D eigenvalue weighted by molar-refractivity contribution is -0.274. The lowest BCUT2D eigenvalue weighted by Crippen LogP contribution is -2.16. The van der Waals surface area contributed by atoms with E-state index in [1.54, 1.807) is 12.1 Å². The third-order valence-electron chi connectivity index (χ3n) is 3.28. The van der Waals surface area contributed by atoms with Crippen LogP contribution >= 0.6 is 0 Å². The van der Waals surface area contributed by atoms with Gasteiger partial charge in [-0.05, 0) is 34.5 Å². The van der Waals surface area contributed by atoms with Crippen molar-refractivity contribution in [2.24, 2.45) is 0 Å². The van der Waals surface area contributed by atoms with Gasteiger partial charge in [0.1, 0.15) is 11.5 Å². The minimum absolute atomic E-state index is 0.0724. The third-order valence-corrected chi connectivity index (χ3v) is 3.28. The quantitative estimate of drug-likeness (QED) is 0.713. The highest BCUT2D eigenvalue weighted by molar-refractivity contribution is 5.99. The second-order valence-corrected chi connectivity index (χ2v) is 4.75. The molecule has 0 fully saturated rings. The molecule has 0 bridgehead atoms. The van der Waals surface area contributed by atoms with E-state index in [4.69, 9.17) is 0 Å². The van der Waals surface area contributed by atoms with Crippen molar-refractivity contribution in [1.82, 2.24) is 0 Å². The number of phenolic OH excluding ortho intramolecular Hbond substituents is 1. The van der Waals surface area contributed by atoms with Gasteiger partial charge in [0.2, 0.25) is 0 Å². The molecule has 0 aliphatic rings. The fourth-order valence-electron chi connectivity index (χ4n) is 2.39. The van der Waals surface area contributed by atoms with E-state index in [-0.39, 0.29) is 11.5 Å². The highest BCUT2D eigenvalue weighted by Gasteiger charge is 2.31. The molecule has 0 heterocycles. The average Bonchev–Trinajstić information content (AvgIpc) is 2.47. The van der Waals surface area contributed by atoms with Gasteiger partial charge in [0.05, 0.1) is 0 Å². The maximum Gasteiger partial charge on any atom is 0.573 e. The predicted octanol–water partition coefficient (Wildman–Crippen LogP) is 5.11. The summed E-state index contributed by atoms with van der Waals surface area (Å²) in [5.74, 6) is -0.223. The van der Waals surface area contributed by atoms with Crippen molar-refractivity contribution in [3.63, 3.8) is 0 Å². The Balaban J connectivity index is 2.06. The Morgan fingerprint density at radius 3 is 2.18 bits per heavy atom. The first-order valence-corrected chi connectivity index (χ1v) is 6.51. The van der Waals surface area contributed by atoms with Crippen LogP contribution < -0.4 is 4.74 Å². The Bertz CT molecular complexity index is 808. The summed E-state index contributed by atoms with van der Waals surface area (Å²) in [5, 5.41) is 11.9. The van der Waals surface area contributed by atoms with Crippen LogP contribution in [0.5, 0.6) is 11.5 Å². The predicted molar refractivity (Wildman–Crippen MR) is 77.7 cm³/mol. The number of alkyl halides is 3. The fraction of sp³-hybridized carbons (Fsp3) is 0.0588. The lowest BCUT2D eigenvalue weighted by atomic mass is 9.97. The van der Waals surface area contributed by atoms with Crippen molar-refractivity contribution < 1.29 is 23.0 Å².